The first-order valence-electron chi connectivity index (χ1n) is 8.03. The summed E-state index contributed by atoms with van der Waals surface area (Å²) in [5, 5.41) is 1.37. The standard InChI is InChI=1S/C19H17Cl5O3/c1-12(27-14-4-2-13(20)3-5-14)6-8-26-19-16(21)10-15(11-17(19)22)25-9-7-18(23)24/h2-5,7,10-12H,6,8-9H2,1H3. The molecule has 0 N–H and O–H groups in total. The quantitative estimate of drug-likeness (QED) is 0.378. The van der Waals surface area contributed by atoms with E-state index in [-0.39, 0.29) is 17.2 Å². The van der Waals surface area contributed by atoms with E-state index < -0.39 is 0 Å². The predicted molar refractivity (Wildman–Crippen MR) is 113 cm³/mol. The van der Waals surface area contributed by atoms with Crippen molar-refractivity contribution in [1.82, 2.24) is 0 Å². The summed E-state index contributed by atoms with van der Waals surface area (Å²) in [7, 11) is 0. The van der Waals surface area contributed by atoms with Crippen LogP contribution in [-0.2, 0) is 0 Å². The third kappa shape index (κ3) is 7.89. The van der Waals surface area contributed by atoms with E-state index in [9.17, 15) is 0 Å². The zero-order valence-corrected chi connectivity index (χ0v) is 18.1. The second-order valence-electron chi connectivity index (χ2n) is 5.54. The summed E-state index contributed by atoms with van der Waals surface area (Å²) in [6.07, 6.45) is 2.10. The molecular formula is C19H17Cl5O3. The van der Waals surface area contributed by atoms with Crippen LogP contribution >= 0.6 is 58.0 Å². The highest BCUT2D eigenvalue weighted by atomic mass is 35.5. The first-order valence-corrected chi connectivity index (χ1v) is 9.92. The van der Waals surface area contributed by atoms with Crippen LogP contribution in [0, 0.1) is 0 Å². The lowest BCUT2D eigenvalue weighted by molar-refractivity contribution is 0.177. The highest BCUT2D eigenvalue weighted by Crippen LogP contribution is 2.37. The van der Waals surface area contributed by atoms with E-state index in [1.165, 1.54) is 6.08 Å². The van der Waals surface area contributed by atoms with Crippen molar-refractivity contribution in [3.63, 3.8) is 0 Å². The maximum absolute atomic E-state index is 6.24. The molecule has 0 amide bonds. The van der Waals surface area contributed by atoms with E-state index in [1.807, 2.05) is 19.1 Å². The first-order chi connectivity index (χ1) is 12.8. The van der Waals surface area contributed by atoms with Crippen LogP contribution in [0.1, 0.15) is 13.3 Å². The van der Waals surface area contributed by atoms with E-state index >= 15 is 0 Å². The van der Waals surface area contributed by atoms with Gasteiger partial charge in [-0.1, -0.05) is 58.0 Å². The summed E-state index contributed by atoms with van der Waals surface area (Å²) < 4.78 is 17.1. The lowest BCUT2D eigenvalue weighted by Gasteiger charge is -2.16. The third-order valence-corrected chi connectivity index (χ3v) is 4.50. The van der Waals surface area contributed by atoms with Gasteiger partial charge in [0.2, 0.25) is 0 Å². The topological polar surface area (TPSA) is 27.7 Å². The molecule has 8 heteroatoms. The fraction of sp³-hybridized carbons (Fsp3) is 0.263. The summed E-state index contributed by atoms with van der Waals surface area (Å²) in [6.45, 7) is 2.54. The zero-order valence-electron chi connectivity index (χ0n) is 14.4. The largest absolute Gasteiger partial charge is 0.491 e. The van der Waals surface area contributed by atoms with Gasteiger partial charge in [0.05, 0.1) is 22.8 Å². The van der Waals surface area contributed by atoms with Crippen LogP contribution in [0.2, 0.25) is 15.1 Å². The van der Waals surface area contributed by atoms with Crippen LogP contribution in [-0.4, -0.2) is 19.3 Å². The van der Waals surface area contributed by atoms with Gasteiger partial charge in [0.25, 0.3) is 0 Å². The number of hydrogen-bond acceptors (Lipinski definition) is 3. The Bertz CT molecular complexity index is 750. The van der Waals surface area contributed by atoms with E-state index in [4.69, 9.17) is 72.2 Å². The maximum atomic E-state index is 6.24. The van der Waals surface area contributed by atoms with E-state index in [2.05, 4.69) is 0 Å². The molecule has 2 aromatic carbocycles. The average Bonchev–Trinajstić information content (AvgIpc) is 2.59. The molecule has 3 nitrogen and oxygen atoms in total. The van der Waals surface area contributed by atoms with Crippen molar-refractivity contribution in [2.75, 3.05) is 13.2 Å². The fourth-order valence-corrected chi connectivity index (χ4v) is 2.92. The number of ether oxygens (including phenoxy) is 3. The van der Waals surface area contributed by atoms with Crippen LogP contribution in [0.3, 0.4) is 0 Å². The minimum absolute atomic E-state index is 0.0570. The Kier molecular flexibility index (Phi) is 9.20. The highest BCUT2D eigenvalue weighted by molar-refractivity contribution is 6.55. The van der Waals surface area contributed by atoms with Crippen molar-refractivity contribution >= 4 is 58.0 Å². The van der Waals surface area contributed by atoms with Gasteiger partial charge in [-0.2, -0.15) is 0 Å². The van der Waals surface area contributed by atoms with Gasteiger partial charge in [0.15, 0.2) is 5.75 Å². The van der Waals surface area contributed by atoms with E-state index in [0.717, 1.165) is 5.75 Å². The molecular weight excluding hydrogens is 453 g/mol. The number of hydrogen-bond donors (Lipinski definition) is 0. The van der Waals surface area contributed by atoms with Crippen molar-refractivity contribution in [2.24, 2.45) is 0 Å². The molecule has 1 unspecified atom stereocenters. The molecule has 0 saturated carbocycles. The molecule has 0 bridgehead atoms. The number of rotatable bonds is 9. The minimum atomic E-state index is -0.0570. The molecule has 0 aromatic heterocycles. The van der Waals surface area contributed by atoms with Crippen LogP contribution < -0.4 is 14.2 Å². The smallest absolute Gasteiger partial charge is 0.156 e. The van der Waals surface area contributed by atoms with Crippen molar-refractivity contribution < 1.29 is 14.2 Å². The third-order valence-electron chi connectivity index (χ3n) is 3.38. The maximum Gasteiger partial charge on any atom is 0.156 e. The number of benzene rings is 2. The molecule has 0 aliphatic carbocycles. The average molecular weight is 471 g/mol. The first kappa shape index (κ1) is 22.3. The van der Waals surface area contributed by atoms with Gasteiger partial charge in [0, 0.05) is 23.6 Å². The van der Waals surface area contributed by atoms with Gasteiger partial charge >= 0.3 is 0 Å². The fourth-order valence-electron chi connectivity index (χ4n) is 2.09. The number of halogens is 5. The molecule has 0 aliphatic rings. The van der Waals surface area contributed by atoms with Crippen LogP contribution in [0.4, 0.5) is 0 Å². The summed E-state index contributed by atoms with van der Waals surface area (Å²) in [4.78, 5) is 0. The van der Waals surface area contributed by atoms with E-state index in [0.29, 0.717) is 39.6 Å². The van der Waals surface area contributed by atoms with Crippen LogP contribution in [0.5, 0.6) is 17.2 Å². The molecule has 1 atom stereocenters. The zero-order chi connectivity index (χ0) is 19.8. The summed E-state index contributed by atoms with van der Waals surface area (Å²) in [5.41, 5.74) is 0. The Morgan fingerprint density at radius 2 is 1.59 bits per heavy atom. The van der Waals surface area contributed by atoms with Crippen molar-refractivity contribution in [2.45, 2.75) is 19.4 Å². The van der Waals surface area contributed by atoms with Crippen molar-refractivity contribution in [1.29, 1.82) is 0 Å². The molecule has 0 aliphatic heterocycles. The molecule has 0 spiro atoms. The Balaban J connectivity index is 1.85. The second kappa shape index (κ2) is 11.1. The minimum Gasteiger partial charge on any atom is -0.491 e. The normalized spacial score (nSPS) is 11.6. The van der Waals surface area contributed by atoms with E-state index in [1.54, 1.807) is 24.3 Å². The highest BCUT2D eigenvalue weighted by Gasteiger charge is 2.12. The van der Waals surface area contributed by atoms with Crippen LogP contribution in [0.15, 0.2) is 47.0 Å². The molecule has 146 valence electrons. The summed E-state index contributed by atoms with van der Waals surface area (Å²) in [6, 6.07) is 10.4. The van der Waals surface area contributed by atoms with Crippen LogP contribution in [0.25, 0.3) is 0 Å². The Morgan fingerprint density at radius 3 is 2.19 bits per heavy atom. The SMILES string of the molecule is CC(CCOc1c(Cl)cc(OCC=C(Cl)Cl)cc1Cl)Oc1ccc(Cl)cc1. The van der Waals surface area contributed by atoms with Crippen molar-refractivity contribution in [3.05, 3.63) is 62.0 Å². The van der Waals surface area contributed by atoms with Gasteiger partial charge in [-0.15, -0.1) is 0 Å². The summed E-state index contributed by atoms with van der Waals surface area (Å²) in [5.74, 6) is 1.63. The van der Waals surface area contributed by atoms with Gasteiger partial charge in [-0.05, 0) is 37.3 Å². The van der Waals surface area contributed by atoms with Gasteiger partial charge < -0.3 is 14.2 Å². The molecule has 0 heterocycles. The van der Waals surface area contributed by atoms with Gasteiger partial charge in [0.1, 0.15) is 22.6 Å². The van der Waals surface area contributed by atoms with Crippen molar-refractivity contribution in [3.8, 4) is 17.2 Å². The molecule has 0 saturated heterocycles. The Hall–Kier alpha value is -0.970. The predicted octanol–water partition coefficient (Wildman–Crippen LogP) is 7.58. The summed E-state index contributed by atoms with van der Waals surface area (Å²) >= 11 is 29.4. The monoisotopic (exact) mass is 468 g/mol. The molecule has 2 rings (SSSR count). The second-order valence-corrected chi connectivity index (χ2v) is 7.80. The Morgan fingerprint density at radius 1 is 0.963 bits per heavy atom. The van der Waals surface area contributed by atoms with Gasteiger partial charge in [-0.3, -0.25) is 0 Å². The lowest BCUT2D eigenvalue weighted by Crippen LogP contribution is -2.16. The van der Waals surface area contributed by atoms with Gasteiger partial charge in [-0.25, -0.2) is 0 Å². The molecule has 2 aromatic rings. The molecule has 0 fully saturated rings. The molecule has 0 radical (unpaired) electrons. The lowest BCUT2D eigenvalue weighted by atomic mass is 10.3. The molecule has 27 heavy (non-hydrogen) atoms. The Labute approximate surface area is 183 Å².